The maximum absolute atomic E-state index is 11.8. The topological polar surface area (TPSA) is 84.6 Å². The van der Waals surface area contributed by atoms with Crippen LogP contribution in [-0.4, -0.2) is 64.9 Å². The summed E-state index contributed by atoms with van der Waals surface area (Å²) < 4.78 is 7.01. The quantitative estimate of drug-likeness (QED) is 0.426. The van der Waals surface area contributed by atoms with Crippen molar-refractivity contribution in [1.29, 1.82) is 0 Å². The molecule has 2 aliphatic rings. The number of hydrogen-bond acceptors (Lipinski definition) is 5. The molecule has 2 fully saturated rings. The second-order valence-corrected chi connectivity index (χ2v) is 8.17. The van der Waals surface area contributed by atoms with Crippen LogP contribution >= 0.6 is 0 Å². The van der Waals surface area contributed by atoms with Gasteiger partial charge in [0.1, 0.15) is 12.2 Å². The van der Waals surface area contributed by atoms with E-state index in [2.05, 4.69) is 31.9 Å². The molecule has 1 saturated carbocycles. The Morgan fingerprint density at radius 1 is 1.24 bits per heavy atom. The van der Waals surface area contributed by atoms with Crippen molar-refractivity contribution >= 4 is 11.9 Å². The van der Waals surface area contributed by atoms with Crippen LogP contribution in [0.2, 0.25) is 0 Å². The molecule has 0 bridgehead atoms. The second-order valence-electron chi connectivity index (χ2n) is 8.17. The molecule has 1 aromatic heterocycles. The van der Waals surface area contributed by atoms with Crippen LogP contribution in [0.25, 0.3) is 0 Å². The highest BCUT2D eigenvalue weighted by molar-refractivity contribution is 5.80. The summed E-state index contributed by atoms with van der Waals surface area (Å²) in [6.45, 7) is 6.26. The predicted octanol–water partition coefficient (Wildman–Crippen LogP) is 2.25. The maximum atomic E-state index is 11.8. The number of rotatable bonds is 7. The van der Waals surface area contributed by atoms with Gasteiger partial charge in [0, 0.05) is 39.1 Å². The fourth-order valence-corrected chi connectivity index (χ4v) is 4.37. The van der Waals surface area contributed by atoms with Gasteiger partial charge in [-0.2, -0.15) is 0 Å². The Balaban J connectivity index is 1.57. The number of piperidine rings is 1. The summed E-state index contributed by atoms with van der Waals surface area (Å²) in [5, 5.41) is 11.7. The van der Waals surface area contributed by atoms with Crippen molar-refractivity contribution in [2.24, 2.45) is 16.8 Å². The second kappa shape index (κ2) is 11.2. The fraction of sp³-hybridized carbons (Fsp3) is 0.810. The van der Waals surface area contributed by atoms with E-state index in [1.54, 1.807) is 6.33 Å². The lowest BCUT2D eigenvalue weighted by Crippen LogP contribution is -2.47. The number of esters is 1. The first-order valence-electron chi connectivity index (χ1n) is 11.2. The zero-order valence-corrected chi connectivity index (χ0v) is 18.0. The molecule has 8 nitrogen and oxygen atoms in total. The van der Waals surface area contributed by atoms with Crippen molar-refractivity contribution in [2.45, 2.75) is 64.8 Å². The van der Waals surface area contributed by atoms with Gasteiger partial charge in [-0.1, -0.05) is 26.2 Å². The Labute approximate surface area is 174 Å². The van der Waals surface area contributed by atoms with Crippen LogP contribution in [0.3, 0.4) is 0 Å². The van der Waals surface area contributed by atoms with E-state index in [-0.39, 0.29) is 11.9 Å². The number of nitrogens with one attached hydrogen (secondary N) is 1. The zero-order chi connectivity index (χ0) is 20.5. The Morgan fingerprint density at radius 3 is 2.69 bits per heavy atom. The van der Waals surface area contributed by atoms with E-state index in [4.69, 9.17) is 9.73 Å². The number of likely N-dealkylation sites (tertiary alicyclic amines) is 1. The first kappa shape index (κ1) is 21.6. The lowest BCUT2D eigenvalue weighted by molar-refractivity contribution is -0.146. The summed E-state index contributed by atoms with van der Waals surface area (Å²) in [4.78, 5) is 19.1. The van der Waals surface area contributed by atoms with Gasteiger partial charge in [-0.15, -0.1) is 10.2 Å². The highest BCUT2D eigenvalue weighted by Gasteiger charge is 2.27. The predicted molar refractivity (Wildman–Crippen MR) is 113 cm³/mol. The van der Waals surface area contributed by atoms with E-state index in [0.29, 0.717) is 5.92 Å². The third-order valence-electron chi connectivity index (χ3n) is 6.20. The number of ether oxygens (including phenoxy) is 1. The van der Waals surface area contributed by atoms with Crippen LogP contribution < -0.4 is 5.32 Å². The van der Waals surface area contributed by atoms with Gasteiger partial charge < -0.3 is 19.5 Å². The molecule has 29 heavy (non-hydrogen) atoms. The Hall–Kier alpha value is -2.12. The molecular weight excluding hydrogens is 368 g/mol. The molecule has 1 saturated heterocycles. The van der Waals surface area contributed by atoms with E-state index in [0.717, 1.165) is 63.8 Å². The van der Waals surface area contributed by atoms with Crippen LogP contribution in [0.4, 0.5) is 0 Å². The van der Waals surface area contributed by atoms with E-state index < -0.39 is 0 Å². The molecule has 0 unspecified atom stereocenters. The van der Waals surface area contributed by atoms with E-state index >= 15 is 0 Å². The molecule has 0 atom stereocenters. The summed E-state index contributed by atoms with van der Waals surface area (Å²) in [6, 6.07) is 0. The molecular formula is C21H36N6O2. The van der Waals surface area contributed by atoms with Gasteiger partial charge in [0.05, 0.1) is 13.0 Å². The van der Waals surface area contributed by atoms with Crippen LogP contribution in [0.1, 0.15) is 57.7 Å². The summed E-state index contributed by atoms with van der Waals surface area (Å²) in [7, 11) is 1.48. The number of aromatic nitrogens is 3. The molecule has 0 radical (unpaired) electrons. The van der Waals surface area contributed by atoms with Crippen molar-refractivity contribution in [3.05, 3.63) is 12.2 Å². The van der Waals surface area contributed by atoms with Gasteiger partial charge in [-0.25, -0.2) is 0 Å². The minimum absolute atomic E-state index is 0.0139. The first-order chi connectivity index (χ1) is 14.2. The highest BCUT2D eigenvalue weighted by atomic mass is 16.5. The number of aliphatic imine (C=N–C) groups is 1. The minimum atomic E-state index is -0.0852. The van der Waals surface area contributed by atoms with Crippen molar-refractivity contribution < 1.29 is 9.53 Å². The van der Waals surface area contributed by atoms with Crippen LogP contribution in [-0.2, 0) is 22.5 Å². The normalized spacial score (nSPS) is 19.4. The molecule has 162 valence electrons. The number of guanidine groups is 1. The fourth-order valence-electron chi connectivity index (χ4n) is 4.37. The summed E-state index contributed by atoms with van der Waals surface area (Å²) in [5.41, 5.74) is 0. The average Bonchev–Trinajstić information content (AvgIpc) is 3.24. The van der Waals surface area contributed by atoms with Crippen LogP contribution in [0.5, 0.6) is 0 Å². The molecule has 3 rings (SSSR count). The highest BCUT2D eigenvalue weighted by Crippen LogP contribution is 2.24. The molecule has 1 aliphatic carbocycles. The van der Waals surface area contributed by atoms with E-state index in [9.17, 15) is 4.79 Å². The molecule has 1 N–H and O–H groups in total. The average molecular weight is 405 g/mol. The summed E-state index contributed by atoms with van der Waals surface area (Å²) in [5.74, 6) is 2.62. The minimum Gasteiger partial charge on any atom is -0.469 e. The Morgan fingerprint density at radius 2 is 2.00 bits per heavy atom. The standard InChI is InChI=1S/C21H36N6O2/c1-3-19-25-24-16-27(19)14-11-22-21(23-15-17-7-5-4-6-8-17)26-12-9-18(10-13-26)20(28)29-2/h16-18H,3-15H2,1-2H3,(H,22,23). The van der Waals surface area contributed by atoms with Gasteiger partial charge in [-0.3, -0.25) is 9.79 Å². The maximum Gasteiger partial charge on any atom is 0.308 e. The third-order valence-corrected chi connectivity index (χ3v) is 6.20. The number of hydrogen-bond donors (Lipinski definition) is 1. The van der Waals surface area contributed by atoms with E-state index in [1.807, 2.05) is 0 Å². The van der Waals surface area contributed by atoms with Crippen molar-refractivity contribution in [3.8, 4) is 0 Å². The van der Waals surface area contributed by atoms with Gasteiger partial charge in [0.2, 0.25) is 0 Å². The Bertz CT molecular complexity index is 660. The number of nitrogens with zero attached hydrogens (tertiary/aromatic N) is 5. The summed E-state index contributed by atoms with van der Waals surface area (Å²) in [6.07, 6.45) is 10.9. The monoisotopic (exact) mass is 404 g/mol. The van der Waals surface area contributed by atoms with Gasteiger partial charge in [0.25, 0.3) is 0 Å². The lowest BCUT2D eigenvalue weighted by Gasteiger charge is -2.33. The molecule has 1 aliphatic heterocycles. The third kappa shape index (κ3) is 6.18. The zero-order valence-electron chi connectivity index (χ0n) is 18.0. The van der Waals surface area contributed by atoms with Crippen molar-refractivity contribution in [3.63, 3.8) is 0 Å². The summed E-state index contributed by atoms with van der Waals surface area (Å²) >= 11 is 0. The SMILES string of the molecule is CCc1nncn1CCNC(=NCC1CCCCC1)N1CCC(C(=O)OC)CC1. The number of carbonyl (C=O) groups excluding carboxylic acids is 1. The molecule has 2 heterocycles. The molecule has 0 spiro atoms. The van der Waals surface area contributed by atoms with Crippen molar-refractivity contribution in [2.75, 3.05) is 33.3 Å². The van der Waals surface area contributed by atoms with Crippen LogP contribution in [0, 0.1) is 11.8 Å². The van der Waals surface area contributed by atoms with Gasteiger partial charge >= 0.3 is 5.97 Å². The Kier molecular flexibility index (Phi) is 8.31. The van der Waals surface area contributed by atoms with E-state index in [1.165, 1.54) is 39.2 Å². The first-order valence-corrected chi connectivity index (χ1v) is 11.2. The van der Waals surface area contributed by atoms with Crippen molar-refractivity contribution in [1.82, 2.24) is 25.0 Å². The molecule has 0 amide bonds. The largest absolute Gasteiger partial charge is 0.469 e. The number of aryl methyl sites for hydroxylation is 1. The van der Waals surface area contributed by atoms with Crippen LogP contribution in [0.15, 0.2) is 11.3 Å². The number of methoxy groups -OCH3 is 1. The van der Waals surface area contributed by atoms with Gasteiger partial charge in [0.15, 0.2) is 5.96 Å². The lowest BCUT2D eigenvalue weighted by atomic mass is 9.89. The molecule has 8 heteroatoms. The van der Waals surface area contributed by atoms with Gasteiger partial charge in [-0.05, 0) is 31.6 Å². The molecule has 0 aromatic carbocycles. The smallest absolute Gasteiger partial charge is 0.308 e. The number of carbonyl (C=O) groups is 1. The molecule has 1 aromatic rings.